The van der Waals surface area contributed by atoms with Gasteiger partial charge in [0.05, 0.1) is 6.54 Å². The quantitative estimate of drug-likeness (QED) is 0.838. The lowest BCUT2D eigenvalue weighted by Gasteiger charge is -2.21. The second-order valence-corrected chi connectivity index (χ2v) is 5.66. The van der Waals surface area contributed by atoms with Crippen molar-refractivity contribution >= 4 is 11.7 Å². The van der Waals surface area contributed by atoms with Crippen molar-refractivity contribution in [3.8, 4) is 5.75 Å². The summed E-state index contributed by atoms with van der Waals surface area (Å²) < 4.78 is 0. The zero-order chi connectivity index (χ0) is 15.4. The Labute approximate surface area is 125 Å². The van der Waals surface area contributed by atoms with Gasteiger partial charge in [0.15, 0.2) is 5.78 Å². The Bertz CT molecular complexity index is 536. The summed E-state index contributed by atoms with van der Waals surface area (Å²) in [5.41, 5.74) is 1.24. The van der Waals surface area contributed by atoms with Gasteiger partial charge in [-0.15, -0.1) is 0 Å². The minimum Gasteiger partial charge on any atom is -0.508 e. The lowest BCUT2D eigenvalue weighted by Crippen LogP contribution is -2.37. The molecule has 0 spiro atoms. The number of ketones is 1. The zero-order valence-corrected chi connectivity index (χ0v) is 12.6. The molecule has 0 aliphatic carbocycles. The maximum absolute atomic E-state index is 12.1. The summed E-state index contributed by atoms with van der Waals surface area (Å²) in [6.45, 7) is 3.95. The van der Waals surface area contributed by atoms with Crippen LogP contribution in [0.3, 0.4) is 0 Å². The number of Topliss-reactive ketones (excluding diaryl/α,β-unsaturated/α-hetero) is 1. The topological polar surface area (TPSA) is 60.9 Å². The van der Waals surface area contributed by atoms with Crippen LogP contribution in [-0.4, -0.2) is 53.3 Å². The van der Waals surface area contributed by atoms with Crippen LogP contribution in [0.5, 0.6) is 5.75 Å². The summed E-state index contributed by atoms with van der Waals surface area (Å²) >= 11 is 0. The van der Waals surface area contributed by atoms with Crippen LogP contribution in [0.2, 0.25) is 0 Å². The van der Waals surface area contributed by atoms with E-state index in [2.05, 4.69) is 0 Å². The molecule has 2 rings (SSSR count). The van der Waals surface area contributed by atoms with Gasteiger partial charge >= 0.3 is 0 Å². The van der Waals surface area contributed by atoms with Crippen molar-refractivity contribution in [2.45, 2.75) is 26.3 Å². The molecule has 1 aromatic rings. The second kappa shape index (κ2) is 6.72. The highest BCUT2D eigenvalue weighted by Crippen LogP contribution is 2.20. The van der Waals surface area contributed by atoms with E-state index in [1.807, 2.05) is 16.8 Å². The van der Waals surface area contributed by atoms with Gasteiger partial charge in [-0.2, -0.15) is 0 Å². The van der Waals surface area contributed by atoms with E-state index in [1.165, 1.54) is 13.0 Å². The van der Waals surface area contributed by atoms with E-state index < -0.39 is 0 Å². The van der Waals surface area contributed by atoms with Gasteiger partial charge in [-0.05, 0) is 45.0 Å². The van der Waals surface area contributed by atoms with Crippen LogP contribution in [0.4, 0.5) is 0 Å². The van der Waals surface area contributed by atoms with Gasteiger partial charge in [0.1, 0.15) is 5.75 Å². The predicted octanol–water partition coefficient (Wildman–Crippen LogP) is 1.65. The molecule has 0 atom stereocenters. The molecule has 1 fully saturated rings. The number of phenolic OH excluding ortho intramolecular Hbond substituents is 1. The molecule has 1 aliphatic heterocycles. The maximum atomic E-state index is 12.1. The molecule has 0 bridgehead atoms. The zero-order valence-electron chi connectivity index (χ0n) is 12.6. The Morgan fingerprint density at radius 1 is 1.29 bits per heavy atom. The van der Waals surface area contributed by atoms with Gasteiger partial charge in [0.25, 0.3) is 0 Å². The molecule has 1 N–H and O–H groups in total. The first-order valence-electron chi connectivity index (χ1n) is 7.26. The van der Waals surface area contributed by atoms with Crippen molar-refractivity contribution in [2.24, 2.45) is 0 Å². The van der Waals surface area contributed by atoms with Crippen LogP contribution >= 0.6 is 0 Å². The second-order valence-electron chi connectivity index (χ2n) is 5.66. The van der Waals surface area contributed by atoms with Gasteiger partial charge in [-0.25, -0.2) is 0 Å². The molecule has 5 nitrogen and oxygen atoms in total. The molecule has 1 aromatic carbocycles. The van der Waals surface area contributed by atoms with Crippen LogP contribution in [0.1, 0.15) is 35.7 Å². The molecule has 1 saturated heterocycles. The van der Waals surface area contributed by atoms with Crippen LogP contribution in [-0.2, 0) is 11.3 Å². The van der Waals surface area contributed by atoms with Crippen molar-refractivity contribution in [1.29, 1.82) is 0 Å². The van der Waals surface area contributed by atoms with Gasteiger partial charge in [-0.3, -0.25) is 14.5 Å². The average Bonchev–Trinajstić information content (AvgIpc) is 2.95. The number of likely N-dealkylation sites (tertiary alicyclic amines) is 1. The minimum absolute atomic E-state index is 0.0351. The molecule has 21 heavy (non-hydrogen) atoms. The lowest BCUT2D eigenvalue weighted by atomic mass is 10.1. The van der Waals surface area contributed by atoms with Crippen LogP contribution < -0.4 is 0 Å². The predicted molar refractivity (Wildman–Crippen MR) is 80.3 cm³/mol. The summed E-state index contributed by atoms with van der Waals surface area (Å²) in [6, 6.07) is 4.83. The van der Waals surface area contributed by atoms with E-state index >= 15 is 0 Å². The van der Waals surface area contributed by atoms with E-state index in [1.54, 1.807) is 12.1 Å². The molecule has 1 heterocycles. The molecule has 0 unspecified atom stereocenters. The number of likely N-dealkylation sites (N-methyl/N-ethyl adjacent to an activating group) is 1. The number of hydrogen-bond donors (Lipinski definition) is 1. The number of benzene rings is 1. The fraction of sp³-hybridized carbons (Fsp3) is 0.500. The van der Waals surface area contributed by atoms with Crippen LogP contribution in [0.15, 0.2) is 18.2 Å². The standard InChI is InChI=1S/C16H22N2O3/c1-12(19)13-5-6-15(20)14(9-13)10-17(2)11-16(21)18-7-3-4-8-18/h5-6,9,20H,3-4,7-8,10-11H2,1-2H3. The first-order chi connectivity index (χ1) is 9.97. The lowest BCUT2D eigenvalue weighted by molar-refractivity contribution is -0.131. The van der Waals surface area contributed by atoms with Crippen molar-refractivity contribution < 1.29 is 14.7 Å². The van der Waals surface area contributed by atoms with Crippen molar-refractivity contribution in [2.75, 3.05) is 26.7 Å². The number of aromatic hydroxyl groups is 1. The first kappa shape index (κ1) is 15.5. The third-order valence-corrected chi connectivity index (χ3v) is 3.79. The van der Waals surface area contributed by atoms with Gasteiger partial charge in [0.2, 0.25) is 5.91 Å². The van der Waals surface area contributed by atoms with Crippen molar-refractivity contribution in [1.82, 2.24) is 9.80 Å². The van der Waals surface area contributed by atoms with Gasteiger partial charge in [0, 0.05) is 30.8 Å². The summed E-state index contributed by atoms with van der Waals surface area (Å²) in [5.74, 6) is 0.240. The summed E-state index contributed by atoms with van der Waals surface area (Å²) in [4.78, 5) is 27.2. The highest BCUT2D eigenvalue weighted by Gasteiger charge is 2.19. The molecular weight excluding hydrogens is 268 g/mol. The summed E-state index contributed by atoms with van der Waals surface area (Å²) in [6.07, 6.45) is 2.16. The van der Waals surface area contributed by atoms with E-state index in [9.17, 15) is 14.7 Å². The third-order valence-electron chi connectivity index (χ3n) is 3.79. The molecule has 5 heteroatoms. The van der Waals surface area contributed by atoms with Crippen molar-refractivity contribution in [3.63, 3.8) is 0 Å². The molecular formula is C16H22N2O3. The Kier molecular flexibility index (Phi) is 4.96. The number of carbonyl (C=O) groups is 2. The highest BCUT2D eigenvalue weighted by atomic mass is 16.3. The molecule has 0 aromatic heterocycles. The van der Waals surface area contributed by atoms with E-state index in [-0.39, 0.29) is 17.4 Å². The highest BCUT2D eigenvalue weighted by molar-refractivity contribution is 5.94. The fourth-order valence-electron chi connectivity index (χ4n) is 2.58. The molecule has 0 saturated carbocycles. The number of rotatable bonds is 5. The molecule has 1 aliphatic rings. The third kappa shape index (κ3) is 4.04. The largest absolute Gasteiger partial charge is 0.508 e. The molecule has 1 amide bonds. The number of carbonyl (C=O) groups excluding carboxylic acids is 2. The van der Waals surface area contributed by atoms with Gasteiger partial charge in [-0.1, -0.05) is 0 Å². The molecule has 114 valence electrons. The van der Waals surface area contributed by atoms with Crippen LogP contribution in [0.25, 0.3) is 0 Å². The van der Waals surface area contributed by atoms with Gasteiger partial charge < -0.3 is 10.0 Å². The smallest absolute Gasteiger partial charge is 0.236 e. The summed E-state index contributed by atoms with van der Waals surface area (Å²) in [7, 11) is 1.84. The number of amides is 1. The molecule has 0 radical (unpaired) electrons. The number of nitrogens with zero attached hydrogens (tertiary/aromatic N) is 2. The van der Waals surface area contributed by atoms with E-state index in [0.29, 0.717) is 24.2 Å². The van der Waals surface area contributed by atoms with Crippen LogP contribution in [0, 0.1) is 0 Å². The average molecular weight is 290 g/mol. The Morgan fingerprint density at radius 2 is 1.95 bits per heavy atom. The fourth-order valence-corrected chi connectivity index (χ4v) is 2.58. The number of phenols is 1. The normalized spacial score (nSPS) is 14.7. The Balaban J connectivity index is 1.98. The Hall–Kier alpha value is -1.88. The summed E-state index contributed by atoms with van der Waals surface area (Å²) in [5, 5.41) is 9.88. The first-order valence-corrected chi connectivity index (χ1v) is 7.26. The van der Waals surface area contributed by atoms with E-state index in [0.717, 1.165) is 25.9 Å². The Morgan fingerprint density at radius 3 is 2.57 bits per heavy atom. The monoisotopic (exact) mass is 290 g/mol. The number of hydrogen-bond acceptors (Lipinski definition) is 4. The van der Waals surface area contributed by atoms with E-state index in [4.69, 9.17) is 0 Å². The SMILES string of the molecule is CC(=O)c1ccc(O)c(CN(C)CC(=O)N2CCCC2)c1. The minimum atomic E-state index is -0.0351. The maximum Gasteiger partial charge on any atom is 0.236 e. The van der Waals surface area contributed by atoms with Crippen molar-refractivity contribution in [3.05, 3.63) is 29.3 Å².